The van der Waals surface area contributed by atoms with Crippen molar-refractivity contribution in [2.45, 2.75) is 18.6 Å². The summed E-state index contributed by atoms with van der Waals surface area (Å²) in [5, 5.41) is 17.1. The smallest absolute Gasteiger partial charge is 0.317 e. The van der Waals surface area contributed by atoms with Crippen LogP contribution < -0.4 is 20.1 Å². The molecule has 2 unspecified atom stereocenters. The van der Waals surface area contributed by atoms with Crippen molar-refractivity contribution in [3.8, 4) is 11.5 Å². The lowest BCUT2D eigenvalue weighted by Crippen LogP contribution is -2.47. The van der Waals surface area contributed by atoms with Gasteiger partial charge in [-0.15, -0.1) is 0 Å². The molecule has 3 N–H and O–H groups in total. The van der Waals surface area contributed by atoms with E-state index in [0.717, 1.165) is 11.3 Å². The Balaban J connectivity index is 1.43. The van der Waals surface area contributed by atoms with Crippen molar-refractivity contribution in [3.05, 3.63) is 60.2 Å². The number of nitrogens with zero attached hydrogens (tertiary/aromatic N) is 1. The van der Waals surface area contributed by atoms with Gasteiger partial charge in [-0.05, 0) is 36.2 Å². The number of urea groups is 1. The van der Waals surface area contributed by atoms with Gasteiger partial charge in [0.2, 0.25) is 0 Å². The molecule has 0 aromatic heterocycles. The van der Waals surface area contributed by atoms with Crippen LogP contribution in [0.5, 0.6) is 11.5 Å². The molecule has 0 radical (unpaired) electrons. The second-order valence-electron chi connectivity index (χ2n) is 8.26. The van der Waals surface area contributed by atoms with E-state index >= 15 is 0 Å². The minimum atomic E-state index is -0.673. The van der Waals surface area contributed by atoms with Crippen LogP contribution in [0.1, 0.15) is 18.0 Å². The molecule has 9 heteroatoms. The summed E-state index contributed by atoms with van der Waals surface area (Å²) < 4.78 is 21.6. The number of rotatable bonds is 14. The molecule has 0 aliphatic carbocycles. The highest BCUT2D eigenvalue weighted by Gasteiger charge is 2.18. The van der Waals surface area contributed by atoms with Crippen LogP contribution in [0.2, 0.25) is 0 Å². The predicted molar refractivity (Wildman–Crippen MR) is 133 cm³/mol. The summed E-state index contributed by atoms with van der Waals surface area (Å²) in [7, 11) is 1.63. The monoisotopic (exact) mass is 487 g/mol. The Hall–Kier alpha value is -2.85. The molecule has 1 heterocycles. The SMILES string of the molecule is COCCOc1ccc(OCC(O)CC(NCCNC(=O)N2CCOCC2)c2ccccc2)cc1. The molecule has 1 aliphatic rings. The molecule has 9 nitrogen and oxygen atoms in total. The van der Waals surface area contributed by atoms with Crippen molar-refractivity contribution in [2.75, 3.05) is 66.3 Å². The Morgan fingerprint density at radius 2 is 1.69 bits per heavy atom. The van der Waals surface area contributed by atoms with E-state index in [9.17, 15) is 9.90 Å². The van der Waals surface area contributed by atoms with Crippen molar-refractivity contribution >= 4 is 6.03 Å². The zero-order valence-corrected chi connectivity index (χ0v) is 20.4. The van der Waals surface area contributed by atoms with Gasteiger partial charge in [0.25, 0.3) is 0 Å². The Morgan fingerprint density at radius 3 is 2.37 bits per heavy atom. The van der Waals surface area contributed by atoms with E-state index < -0.39 is 6.10 Å². The average molecular weight is 488 g/mol. The molecular weight excluding hydrogens is 450 g/mol. The van der Waals surface area contributed by atoms with E-state index in [1.54, 1.807) is 12.0 Å². The van der Waals surface area contributed by atoms with Crippen molar-refractivity contribution < 1.29 is 28.8 Å². The van der Waals surface area contributed by atoms with E-state index in [4.69, 9.17) is 18.9 Å². The van der Waals surface area contributed by atoms with Crippen LogP contribution in [0.15, 0.2) is 54.6 Å². The Morgan fingerprint density at radius 1 is 1.00 bits per heavy atom. The third-order valence-electron chi connectivity index (χ3n) is 5.62. The van der Waals surface area contributed by atoms with Crippen LogP contribution in [-0.2, 0) is 9.47 Å². The van der Waals surface area contributed by atoms with Crippen LogP contribution in [-0.4, -0.2) is 88.5 Å². The van der Waals surface area contributed by atoms with Crippen LogP contribution in [0.4, 0.5) is 4.79 Å². The maximum Gasteiger partial charge on any atom is 0.317 e. The molecule has 0 spiro atoms. The molecule has 3 rings (SSSR count). The molecule has 0 saturated carbocycles. The molecule has 1 fully saturated rings. The van der Waals surface area contributed by atoms with Crippen LogP contribution in [0.3, 0.4) is 0 Å². The molecule has 35 heavy (non-hydrogen) atoms. The molecule has 2 amide bonds. The first kappa shape index (κ1) is 26.7. The fraction of sp³-hybridized carbons (Fsp3) is 0.500. The zero-order valence-electron chi connectivity index (χ0n) is 20.4. The number of carbonyl (C=O) groups is 1. The van der Waals surface area contributed by atoms with Gasteiger partial charge >= 0.3 is 6.03 Å². The lowest BCUT2D eigenvalue weighted by atomic mass is 10.0. The first-order chi connectivity index (χ1) is 17.2. The molecule has 2 aromatic rings. The minimum Gasteiger partial charge on any atom is -0.491 e. The average Bonchev–Trinajstić information content (AvgIpc) is 2.91. The molecule has 1 aliphatic heterocycles. The fourth-order valence-electron chi connectivity index (χ4n) is 3.72. The van der Waals surface area contributed by atoms with E-state index in [-0.39, 0.29) is 18.7 Å². The number of nitrogens with one attached hydrogen (secondary N) is 2. The molecular formula is C26H37N3O6. The number of morpholine rings is 1. The summed E-state index contributed by atoms with van der Waals surface area (Å²) in [6.45, 7) is 4.63. The standard InChI is InChI=1S/C26H37N3O6/c1-32-17-18-34-23-7-9-24(10-8-23)35-20-22(30)19-25(21-5-3-2-4-6-21)27-11-12-28-26(31)29-13-15-33-16-14-29/h2-10,22,25,27,30H,11-20H2,1H3,(H,28,31). The highest BCUT2D eigenvalue weighted by Crippen LogP contribution is 2.21. The van der Waals surface area contributed by atoms with E-state index in [2.05, 4.69) is 10.6 Å². The Kier molecular flexibility index (Phi) is 11.6. The minimum absolute atomic E-state index is 0.0742. The third-order valence-corrected chi connectivity index (χ3v) is 5.62. The lowest BCUT2D eigenvalue weighted by molar-refractivity contribution is 0.0532. The van der Waals surface area contributed by atoms with Crippen molar-refractivity contribution in [2.24, 2.45) is 0 Å². The molecule has 2 aromatic carbocycles. The van der Waals surface area contributed by atoms with Gasteiger partial charge in [-0.2, -0.15) is 0 Å². The number of aliphatic hydroxyl groups excluding tert-OH is 1. The largest absolute Gasteiger partial charge is 0.491 e. The summed E-state index contributed by atoms with van der Waals surface area (Å²) in [6, 6.07) is 17.1. The quantitative estimate of drug-likeness (QED) is 0.351. The number of hydrogen-bond acceptors (Lipinski definition) is 7. The number of benzene rings is 2. The summed E-state index contributed by atoms with van der Waals surface area (Å²) >= 11 is 0. The predicted octanol–water partition coefficient (Wildman–Crippen LogP) is 2.21. The number of carbonyl (C=O) groups excluding carboxylic acids is 1. The first-order valence-electron chi connectivity index (χ1n) is 12.1. The Labute approximate surface area is 207 Å². The molecule has 192 valence electrons. The maximum absolute atomic E-state index is 12.3. The number of methoxy groups -OCH3 is 1. The van der Waals surface area contributed by atoms with Gasteiger partial charge in [0, 0.05) is 39.3 Å². The highest BCUT2D eigenvalue weighted by atomic mass is 16.5. The summed E-state index contributed by atoms with van der Waals surface area (Å²) in [4.78, 5) is 14.0. The number of ether oxygens (including phenoxy) is 4. The topological polar surface area (TPSA) is 102 Å². The van der Waals surface area contributed by atoms with Gasteiger partial charge in [0.15, 0.2) is 0 Å². The Bertz CT molecular complexity index is 846. The summed E-state index contributed by atoms with van der Waals surface area (Å²) in [6.07, 6.45) is -0.201. The second-order valence-corrected chi connectivity index (χ2v) is 8.26. The third kappa shape index (κ3) is 9.73. The fourth-order valence-corrected chi connectivity index (χ4v) is 3.72. The van der Waals surface area contributed by atoms with Crippen LogP contribution in [0.25, 0.3) is 0 Å². The summed E-state index contributed by atoms with van der Waals surface area (Å²) in [5.74, 6) is 1.40. The van der Waals surface area contributed by atoms with Gasteiger partial charge in [0.05, 0.1) is 25.9 Å². The van der Waals surface area contributed by atoms with Gasteiger partial charge in [-0.1, -0.05) is 30.3 Å². The molecule has 2 atom stereocenters. The maximum atomic E-state index is 12.3. The van der Waals surface area contributed by atoms with Crippen molar-refractivity contribution in [3.63, 3.8) is 0 Å². The van der Waals surface area contributed by atoms with E-state index in [1.165, 1.54) is 0 Å². The second kappa shape index (κ2) is 15.2. The van der Waals surface area contributed by atoms with Crippen molar-refractivity contribution in [1.29, 1.82) is 0 Å². The van der Waals surface area contributed by atoms with Gasteiger partial charge in [-0.25, -0.2) is 4.79 Å². The molecule has 0 bridgehead atoms. The lowest BCUT2D eigenvalue weighted by Gasteiger charge is -2.27. The zero-order chi connectivity index (χ0) is 24.7. The van der Waals surface area contributed by atoms with Gasteiger partial charge in [0.1, 0.15) is 24.7 Å². The van der Waals surface area contributed by atoms with Crippen molar-refractivity contribution in [1.82, 2.24) is 15.5 Å². The highest BCUT2D eigenvalue weighted by molar-refractivity contribution is 5.74. The number of amides is 2. The number of hydrogen-bond donors (Lipinski definition) is 3. The van der Waals surface area contributed by atoms with E-state index in [1.807, 2.05) is 54.6 Å². The van der Waals surface area contributed by atoms with Gasteiger partial charge < -0.3 is 39.6 Å². The molecule has 1 saturated heterocycles. The van der Waals surface area contributed by atoms with Gasteiger partial charge in [-0.3, -0.25) is 0 Å². The normalized spacial score (nSPS) is 15.3. The van der Waals surface area contributed by atoms with E-state index in [0.29, 0.717) is 64.8 Å². The van der Waals surface area contributed by atoms with Crippen LogP contribution in [0, 0.1) is 0 Å². The first-order valence-corrected chi connectivity index (χ1v) is 12.1. The number of aliphatic hydroxyl groups is 1. The van der Waals surface area contributed by atoms with Crippen LogP contribution >= 0.6 is 0 Å². The summed E-state index contributed by atoms with van der Waals surface area (Å²) in [5.41, 5.74) is 1.07.